The Kier molecular flexibility index (Phi) is 8.51. The molecule has 1 saturated heterocycles. The summed E-state index contributed by atoms with van der Waals surface area (Å²) in [4.78, 5) is 37.2. The van der Waals surface area contributed by atoms with Gasteiger partial charge in [0, 0.05) is 0 Å². The zero-order chi connectivity index (χ0) is 20.7. The molecule has 1 rings (SSSR count). The predicted octanol–water partition coefficient (Wildman–Crippen LogP) is 0.0362. The zero-order valence-electron chi connectivity index (χ0n) is 16.3. The van der Waals surface area contributed by atoms with Crippen molar-refractivity contribution >= 4 is 17.8 Å². The van der Waals surface area contributed by atoms with Gasteiger partial charge in [0.15, 0.2) is 0 Å². The van der Waals surface area contributed by atoms with Crippen LogP contribution in [-0.2, 0) is 19.1 Å². The maximum absolute atomic E-state index is 12.6. The van der Waals surface area contributed by atoms with E-state index in [4.69, 9.17) is 10.3 Å². The van der Waals surface area contributed by atoms with Crippen LogP contribution in [0.15, 0.2) is 16.9 Å². The number of nitrogens with zero attached hydrogens (tertiary/aromatic N) is 1. The second-order valence-corrected chi connectivity index (χ2v) is 6.87. The highest BCUT2D eigenvalue weighted by molar-refractivity contribution is 5.97. The van der Waals surface area contributed by atoms with Crippen LogP contribution in [0.1, 0.15) is 34.6 Å². The van der Waals surface area contributed by atoms with E-state index in [0.717, 1.165) is 0 Å². The van der Waals surface area contributed by atoms with E-state index in [-0.39, 0.29) is 18.2 Å². The lowest BCUT2D eigenvalue weighted by atomic mass is 9.98. The van der Waals surface area contributed by atoms with E-state index in [1.807, 2.05) is 0 Å². The van der Waals surface area contributed by atoms with Crippen molar-refractivity contribution in [1.29, 1.82) is 5.53 Å². The standard InChI is InChI=1S/C17H29N5O5/c1-6-12-17(26)27-10(5)11(7-19-18)15(24)22-13(8(2)3)16(25)20-9(4)14(23)21-12/h6,8-11,13,15,18,22,24H,7H2,1-5H3,(H,20,25)(H,21,23). The summed E-state index contributed by atoms with van der Waals surface area (Å²) in [6.45, 7) is 8.08. The first-order chi connectivity index (χ1) is 12.6. The molecular weight excluding hydrogens is 354 g/mol. The topological polar surface area (TPSA) is 153 Å². The van der Waals surface area contributed by atoms with Gasteiger partial charge in [0.25, 0.3) is 0 Å². The summed E-state index contributed by atoms with van der Waals surface area (Å²) in [7, 11) is 0. The van der Waals surface area contributed by atoms with Gasteiger partial charge in [-0.05, 0) is 26.7 Å². The fourth-order valence-electron chi connectivity index (χ4n) is 2.66. The van der Waals surface area contributed by atoms with Gasteiger partial charge in [-0.1, -0.05) is 19.9 Å². The Bertz CT molecular complexity index is 607. The van der Waals surface area contributed by atoms with Crippen molar-refractivity contribution < 1.29 is 24.2 Å². The van der Waals surface area contributed by atoms with E-state index in [0.29, 0.717) is 0 Å². The van der Waals surface area contributed by atoms with Gasteiger partial charge >= 0.3 is 5.97 Å². The van der Waals surface area contributed by atoms with Crippen LogP contribution in [-0.4, -0.2) is 53.9 Å². The molecule has 0 aromatic rings. The van der Waals surface area contributed by atoms with E-state index in [9.17, 15) is 19.5 Å². The van der Waals surface area contributed by atoms with Crippen LogP contribution in [0.25, 0.3) is 0 Å². The van der Waals surface area contributed by atoms with Gasteiger partial charge in [-0.15, -0.1) is 0 Å². The molecule has 1 fully saturated rings. The Hall–Kier alpha value is -2.33. The van der Waals surface area contributed by atoms with Crippen LogP contribution in [0.2, 0.25) is 0 Å². The van der Waals surface area contributed by atoms with E-state index in [2.05, 4.69) is 21.1 Å². The lowest BCUT2D eigenvalue weighted by Gasteiger charge is -2.31. The average molecular weight is 383 g/mol. The van der Waals surface area contributed by atoms with Crippen molar-refractivity contribution in [1.82, 2.24) is 16.0 Å². The molecule has 0 aromatic carbocycles. The third-order valence-corrected chi connectivity index (χ3v) is 4.42. The highest BCUT2D eigenvalue weighted by Crippen LogP contribution is 2.16. The molecule has 1 aliphatic rings. The summed E-state index contributed by atoms with van der Waals surface area (Å²) in [5.74, 6) is -2.76. The van der Waals surface area contributed by atoms with Crippen LogP contribution in [0, 0.1) is 17.4 Å². The third kappa shape index (κ3) is 6.10. The predicted molar refractivity (Wildman–Crippen MR) is 96.3 cm³/mol. The smallest absolute Gasteiger partial charge is 0.354 e. The van der Waals surface area contributed by atoms with Crippen molar-refractivity contribution in [2.45, 2.75) is 59.0 Å². The number of esters is 1. The van der Waals surface area contributed by atoms with Gasteiger partial charge in [-0.2, -0.15) is 5.11 Å². The van der Waals surface area contributed by atoms with E-state index in [1.54, 1.807) is 27.7 Å². The first-order valence-corrected chi connectivity index (χ1v) is 8.88. The van der Waals surface area contributed by atoms with Gasteiger partial charge in [0.1, 0.15) is 24.1 Å². The highest BCUT2D eigenvalue weighted by Gasteiger charge is 2.35. The molecule has 0 aliphatic carbocycles. The Morgan fingerprint density at radius 3 is 2.41 bits per heavy atom. The summed E-state index contributed by atoms with van der Waals surface area (Å²) in [6.07, 6.45) is -0.694. The molecular formula is C17H29N5O5. The Morgan fingerprint density at radius 1 is 1.26 bits per heavy atom. The van der Waals surface area contributed by atoms with Crippen LogP contribution < -0.4 is 16.0 Å². The largest absolute Gasteiger partial charge is 0.457 e. The second kappa shape index (κ2) is 10.1. The summed E-state index contributed by atoms with van der Waals surface area (Å²) in [5, 5.41) is 21.7. The molecule has 10 heteroatoms. The fourth-order valence-corrected chi connectivity index (χ4v) is 2.66. The van der Waals surface area contributed by atoms with Crippen LogP contribution >= 0.6 is 0 Å². The van der Waals surface area contributed by atoms with Crippen LogP contribution in [0.5, 0.6) is 0 Å². The quantitative estimate of drug-likeness (QED) is 0.263. The van der Waals surface area contributed by atoms with Crippen molar-refractivity contribution in [3.05, 3.63) is 11.8 Å². The lowest BCUT2D eigenvalue weighted by Crippen LogP contribution is -2.57. The van der Waals surface area contributed by atoms with Crippen LogP contribution in [0.3, 0.4) is 0 Å². The second-order valence-electron chi connectivity index (χ2n) is 6.87. The first kappa shape index (κ1) is 22.7. The average Bonchev–Trinajstić information content (AvgIpc) is 2.60. The van der Waals surface area contributed by atoms with E-state index in [1.165, 1.54) is 13.0 Å². The molecule has 5 unspecified atom stereocenters. The van der Waals surface area contributed by atoms with Crippen molar-refractivity contribution in [2.75, 3.05) is 6.54 Å². The number of carbonyl (C=O) groups excluding carboxylic acids is 3. The molecule has 0 spiro atoms. The normalized spacial score (nSPS) is 32.6. The Morgan fingerprint density at radius 2 is 1.89 bits per heavy atom. The fraction of sp³-hybridized carbons (Fsp3) is 0.706. The number of ether oxygens (including phenoxy) is 1. The van der Waals surface area contributed by atoms with E-state index >= 15 is 0 Å². The minimum absolute atomic E-state index is 0.0726. The summed E-state index contributed by atoms with van der Waals surface area (Å²) in [6, 6.07) is -1.70. The van der Waals surface area contributed by atoms with Gasteiger partial charge in [0.05, 0.1) is 18.5 Å². The van der Waals surface area contributed by atoms with Gasteiger partial charge in [-0.25, -0.2) is 10.3 Å². The summed E-state index contributed by atoms with van der Waals surface area (Å²) < 4.78 is 5.34. The minimum Gasteiger partial charge on any atom is -0.457 e. The number of aliphatic hydroxyl groups is 1. The number of hydrogen-bond acceptors (Lipinski definition) is 8. The number of amides is 2. The molecule has 5 atom stereocenters. The van der Waals surface area contributed by atoms with Gasteiger partial charge in [-0.3, -0.25) is 14.9 Å². The maximum atomic E-state index is 12.6. The molecule has 0 radical (unpaired) electrons. The molecule has 152 valence electrons. The third-order valence-electron chi connectivity index (χ3n) is 4.42. The minimum atomic E-state index is -1.26. The Labute approximate surface area is 158 Å². The number of cyclic esters (lactones) is 1. The molecule has 27 heavy (non-hydrogen) atoms. The van der Waals surface area contributed by atoms with Crippen molar-refractivity contribution in [3.63, 3.8) is 0 Å². The number of carbonyl (C=O) groups is 3. The molecule has 1 heterocycles. The Balaban J connectivity index is 3.27. The summed E-state index contributed by atoms with van der Waals surface area (Å²) >= 11 is 0. The monoisotopic (exact) mass is 383 g/mol. The van der Waals surface area contributed by atoms with E-state index < -0.39 is 48.1 Å². The van der Waals surface area contributed by atoms with Gasteiger partial charge in [0.2, 0.25) is 11.8 Å². The lowest BCUT2D eigenvalue weighted by molar-refractivity contribution is -0.150. The molecule has 10 nitrogen and oxygen atoms in total. The molecule has 2 amide bonds. The molecule has 0 aromatic heterocycles. The van der Waals surface area contributed by atoms with Crippen molar-refractivity contribution in [2.24, 2.45) is 17.0 Å². The molecule has 1 aliphatic heterocycles. The number of nitrogens with one attached hydrogen (secondary N) is 4. The maximum Gasteiger partial charge on any atom is 0.354 e. The molecule has 5 N–H and O–H groups in total. The molecule has 0 bridgehead atoms. The number of hydrogen-bond donors (Lipinski definition) is 5. The first-order valence-electron chi connectivity index (χ1n) is 8.88. The number of rotatable bonds is 3. The zero-order valence-corrected chi connectivity index (χ0v) is 16.3. The number of allylic oxidation sites excluding steroid dienone is 1. The molecule has 0 saturated carbocycles. The van der Waals surface area contributed by atoms with Crippen molar-refractivity contribution in [3.8, 4) is 0 Å². The van der Waals surface area contributed by atoms with Gasteiger partial charge < -0.3 is 20.5 Å². The summed E-state index contributed by atoms with van der Waals surface area (Å²) in [5.41, 5.74) is 7.03. The van der Waals surface area contributed by atoms with Crippen LogP contribution in [0.4, 0.5) is 0 Å². The SMILES string of the molecule is CC=C1NC(=O)C(C)NC(=O)C(C(C)C)NC(O)C(CN=N)C(C)OC1=O. The highest BCUT2D eigenvalue weighted by atomic mass is 16.5. The number of aliphatic hydroxyl groups excluding tert-OH is 1.